The van der Waals surface area contributed by atoms with Crippen molar-refractivity contribution in [2.24, 2.45) is 0 Å². The number of hydrogen-bond acceptors (Lipinski definition) is 2. The Morgan fingerprint density at radius 3 is 1.33 bits per heavy atom. The van der Waals surface area contributed by atoms with Gasteiger partial charge in [0.1, 0.15) is 0 Å². The van der Waals surface area contributed by atoms with E-state index in [2.05, 4.69) is 158 Å². The highest BCUT2D eigenvalue weighted by Gasteiger charge is 2.21. The molecule has 8 aromatic carbocycles. The molecule has 0 saturated heterocycles. The lowest BCUT2D eigenvalue weighted by molar-refractivity contribution is 1.64. The van der Waals surface area contributed by atoms with E-state index in [9.17, 15) is 0 Å². The van der Waals surface area contributed by atoms with Gasteiger partial charge in [-0.1, -0.05) is 140 Å². The standard InChI is InChI=1S/C44H26S2/c1-2-12-27(13-3-1)28-24-25-33-38(26-28)42(37-21-11-19-35-30-15-7-9-23-40(30)46-44(35)37)32-17-5-4-16-31(32)41(33)36-20-10-18-34-29-14-6-8-22-39(29)45-43(34)36/h1-26H. The van der Waals surface area contributed by atoms with Crippen LogP contribution in [0.3, 0.4) is 0 Å². The highest BCUT2D eigenvalue weighted by atomic mass is 32.1. The predicted molar refractivity (Wildman–Crippen MR) is 204 cm³/mol. The van der Waals surface area contributed by atoms with E-state index in [0.717, 1.165) is 0 Å². The van der Waals surface area contributed by atoms with Crippen LogP contribution in [0, 0.1) is 0 Å². The molecule has 2 heteroatoms. The van der Waals surface area contributed by atoms with Gasteiger partial charge in [0.2, 0.25) is 0 Å². The molecule has 0 aliphatic rings. The monoisotopic (exact) mass is 618 g/mol. The molecule has 0 spiro atoms. The summed E-state index contributed by atoms with van der Waals surface area (Å²) in [6.07, 6.45) is 0. The first-order valence-electron chi connectivity index (χ1n) is 15.7. The van der Waals surface area contributed by atoms with Crippen molar-refractivity contribution in [2.45, 2.75) is 0 Å². The van der Waals surface area contributed by atoms with E-state index >= 15 is 0 Å². The first-order chi connectivity index (χ1) is 22.8. The summed E-state index contributed by atoms with van der Waals surface area (Å²) >= 11 is 3.81. The van der Waals surface area contributed by atoms with Gasteiger partial charge in [-0.3, -0.25) is 0 Å². The van der Waals surface area contributed by atoms with Gasteiger partial charge in [-0.15, -0.1) is 22.7 Å². The molecule has 0 aliphatic carbocycles. The number of rotatable bonds is 3. The smallest absolute Gasteiger partial charge is 0.0434 e. The van der Waals surface area contributed by atoms with Crippen LogP contribution in [0.4, 0.5) is 0 Å². The summed E-state index contributed by atoms with van der Waals surface area (Å²) < 4.78 is 5.36. The quantitative estimate of drug-likeness (QED) is 0.173. The van der Waals surface area contributed by atoms with Crippen molar-refractivity contribution in [1.82, 2.24) is 0 Å². The second-order valence-corrected chi connectivity index (χ2v) is 14.1. The van der Waals surface area contributed by atoms with Crippen molar-refractivity contribution >= 4 is 84.6 Å². The SMILES string of the molecule is c1ccc(-c2ccc3c(-c4cccc5c4sc4ccccc45)c4ccccc4c(-c4cccc5c4sc4ccccc45)c3c2)cc1. The molecule has 2 heterocycles. The summed E-state index contributed by atoms with van der Waals surface area (Å²) in [7, 11) is 0. The maximum atomic E-state index is 2.44. The van der Waals surface area contributed by atoms with Gasteiger partial charge in [0.15, 0.2) is 0 Å². The van der Waals surface area contributed by atoms with Crippen LogP contribution < -0.4 is 0 Å². The maximum Gasteiger partial charge on any atom is 0.0434 e. The normalized spacial score (nSPS) is 11.9. The number of benzene rings is 8. The molecule has 0 nitrogen and oxygen atoms in total. The number of hydrogen-bond donors (Lipinski definition) is 0. The molecule has 0 atom stereocenters. The van der Waals surface area contributed by atoms with Crippen molar-refractivity contribution in [3.05, 3.63) is 158 Å². The van der Waals surface area contributed by atoms with Crippen LogP contribution in [0.5, 0.6) is 0 Å². The summed E-state index contributed by atoms with van der Waals surface area (Å²) in [5.41, 5.74) is 7.70. The second kappa shape index (κ2) is 10.1. The van der Waals surface area contributed by atoms with Gasteiger partial charge in [-0.25, -0.2) is 0 Å². The summed E-state index contributed by atoms with van der Waals surface area (Å²) in [6.45, 7) is 0. The summed E-state index contributed by atoms with van der Waals surface area (Å²) in [6, 6.07) is 58.3. The molecule has 0 saturated carbocycles. The third kappa shape index (κ3) is 3.78. The molecular formula is C44H26S2. The van der Waals surface area contributed by atoms with Gasteiger partial charge in [0, 0.05) is 51.5 Å². The molecule has 10 rings (SSSR count). The van der Waals surface area contributed by atoms with Gasteiger partial charge in [-0.2, -0.15) is 0 Å². The predicted octanol–water partition coefficient (Wildman–Crippen LogP) is 13.7. The molecule has 214 valence electrons. The van der Waals surface area contributed by atoms with Crippen LogP contribution in [-0.4, -0.2) is 0 Å². The third-order valence-electron chi connectivity index (χ3n) is 9.48. The molecule has 2 aromatic heterocycles. The topological polar surface area (TPSA) is 0 Å². The Bertz CT molecular complexity index is 2800. The van der Waals surface area contributed by atoms with Crippen molar-refractivity contribution in [3.63, 3.8) is 0 Å². The molecule has 0 amide bonds. The molecule has 46 heavy (non-hydrogen) atoms. The van der Waals surface area contributed by atoms with E-state index in [1.54, 1.807) is 0 Å². The number of thiophene rings is 2. The van der Waals surface area contributed by atoms with Crippen LogP contribution >= 0.6 is 22.7 Å². The number of fused-ring (bicyclic) bond motifs is 8. The molecule has 10 aromatic rings. The van der Waals surface area contributed by atoms with Gasteiger partial charge >= 0.3 is 0 Å². The van der Waals surface area contributed by atoms with Gasteiger partial charge in [-0.05, 0) is 62.0 Å². The largest absolute Gasteiger partial charge is 0.135 e. The molecule has 0 bridgehead atoms. The first kappa shape index (κ1) is 26.0. The van der Waals surface area contributed by atoms with Gasteiger partial charge < -0.3 is 0 Å². The molecular weight excluding hydrogens is 593 g/mol. The zero-order valence-electron chi connectivity index (χ0n) is 24.8. The first-order valence-corrected chi connectivity index (χ1v) is 17.3. The van der Waals surface area contributed by atoms with E-state index < -0.39 is 0 Å². The molecule has 0 radical (unpaired) electrons. The Balaban J connectivity index is 1.39. The lowest BCUT2D eigenvalue weighted by Gasteiger charge is -2.19. The Labute approximate surface area is 274 Å². The molecule has 0 N–H and O–H groups in total. The van der Waals surface area contributed by atoms with Crippen LogP contribution in [0.15, 0.2) is 158 Å². The van der Waals surface area contributed by atoms with Crippen LogP contribution in [-0.2, 0) is 0 Å². The van der Waals surface area contributed by atoms with E-state index in [1.165, 1.54) is 95.3 Å². The molecule has 0 aliphatic heterocycles. The molecule has 0 unspecified atom stereocenters. The zero-order chi connectivity index (χ0) is 30.2. The zero-order valence-corrected chi connectivity index (χ0v) is 26.5. The van der Waals surface area contributed by atoms with Crippen LogP contribution in [0.1, 0.15) is 0 Å². The Hall–Kier alpha value is -5.28. The lowest BCUT2D eigenvalue weighted by Crippen LogP contribution is -1.92. The summed E-state index contributed by atoms with van der Waals surface area (Å²) in [5, 5.41) is 10.5. The fourth-order valence-corrected chi connectivity index (χ4v) is 9.90. The minimum absolute atomic E-state index is 1.23. The van der Waals surface area contributed by atoms with E-state index in [1.807, 2.05) is 22.7 Å². The van der Waals surface area contributed by atoms with Gasteiger partial charge in [0.25, 0.3) is 0 Å². The van der Waals surface area contributed by atoms with Crippen molar-refractivity contribution < 1.29 is 0 Å². The Kier molecular flexibility index (Phi) is 5.72. The van der Waals surface area contributed by atoms with Gasteiger partial charge in [0.05, 0.1) is 0 Å². The highest BCUT2D eigenvalue weighted by molar-refractivity contribution is 7.26. The van der Waals surface area contributed by atoms with E-state index in [4.69, 9.17) is 0 Å². The van der Waals surface area contributed by atoms with E-state index in [0.29, 0.717) is 0 Å². The van der Waals surface area contributed by atoms with Crippen LogP contribution in [0.25, 0.3) is 95.3 Å². The second-order valence-electron chi connectivity index (χ2n) is 12.0. The summed E-state index contributed by atoms with van der Waals surface area (Å²) in [5.74, 6) is 0. The minimum atomic E-state index is 1.23. The molecule has 0 fully saturated rings. The van der Waals surface area contributed by atoms with Crippen molar-refractivity contribution in [3.8, 4) is 33.4 Å². The fourth-order valence-electron chi connectivity index (χ4n) is 7.46. The Morgan fingerprint density at radius 1 is 0.283 bits per heavy atom. The van der Waals surface area contributed by atoms with E-state index in [-0.39, 0.29) is 0 Å². The van der Waals surface area contributed by atoms with Crippen molar-refractivity contribution in [1.29, 1.82) is 0 Å². The van der Waals surface area contributed by atoms with Crippen molar-refractivity contribution in [2.75, 3.05) is 0 Å². The third-order valence-corrected chi connectivity index (χ3v) is 11.9. The highest BCUT2D eigenvalue weighted by Crippen LogP contribution is 2.50. The average molecular weight is 619 g/mol. The summed E-state index contributed by atoms with van der Waals surface area (Å²) in [4.78, 5) is 0. The minimum Gasteiger partial charge on any atom is -0.135 e. The lowest BCUT2D eigenvalue weighted by atomic mass is 9.84. The Morgan fingerprint density at radius 2 is 0.739 bits per heavy atom. The maximum absolute atomic E-state index is 2.44. The fraction of sp³-hybridized carbons (Fsp3) is 0. The average Bonchev–Trinajstić information content (AvgIpc) is 3.70. The van der Waals surface area contributed by atoms with Crippen LogP contribution in [0.2, 0.25) is 0 Å².